The maximum atomic E-state index is 10.7. The van der Waals surface area contributed by atoms with Gasteiger partial charge in [0.15, 0.2) is 0 Å². The van der Waals surface area contributed by atoms with Crippen LogP contribution in [-0.2, 0) is 4.79 Å². The van der Waals surface area contributed by atoms with E-state index in [0.717, 1.165) is 12.8 Å². The fourth-order valence-electron chi connectivity index (χ4n) is 2.82. The highest BCUT2D eigenvalue weighted by Gasteiger charge is 2.68. The fourth-order valence-corrected chi connectivity index (χ4v) is 2.82. The molecule has 0 saturated heterocycles. The summed E-state index contributed by atoms with van der Waals surface area (Å²) in [6.07, 6.45) is 3.28. The Morgan fingerprint density at radius 2 is 2.45 bits per heavy atom. The minimum atomic E-state index is -0.639. The van der Waals surface area contributed by atoms with Crippen LogP contribution in [0.25, 0.3) is 0 Å². The van der Waals surface area contributed by atoms with Crippen LogP contribution >= 0.6 is 0 Å². The van der Waals surface area contributed by atoms with Crippen molar-refractivity contribution in [3.05, 3.63) is 0 Å². The van der Waals surface area contributed by atoms with Crippen molar-refractivity contribution in [2.45, 2.75) is 19.3 Å². The molecule has 3 nitrogen and oxygen atoms in total. The van der Waals surface area contributed by atoms with Crippen LogP contribution in [0.3, 0.4) is 0 Å². The lowest BCUT2D eigenvalue weighted by molar-refractivity contribution is -0.139. The molecule has 0 unspecified atom stereocenters. The molecule has 0 aromatic carbocycles. The topological polar surface area (TPSA) is 63.3 Å². The van der Waals surface area contributed by atoms with E-state index in [1.54, 1.807) is 0 Å². The number of carboxylic acids is 1. The zero-order valence-electron chi connectivity index (χ0n) is 6.42. The summed E-state index contributed by atoms with van der Waals surface area (Å²) in [5.41, 5.74) is 5.59. The standard InChI is InChI=1S/C8H13NO2/c9-4-8-3-1-2-5(8)6(8)7(10)11/h5-6H,1-4,9H2,(H,10,11)/t5-,6-,8+/m0/s1. The number of carbonyl (C=O) groups is 1. The molecule has 0 aromatic rings. The second kappa shape index (κ2) is 1.97. The van der Waals surface area contributed by atoms with Crippen LogP contribution < -0.4 is 5.73 Å². The van der Waals surface area contributed by atoms with E-state index in [0.29, 0.717) is 12.5 Å². The molecule has 0 aliphatic heterocycles. The number of nitrogens with two attached hydrogens (primary N) is 1. The molecule has 3 atom stereocenters. The van der Waals surface area contributed by atoms with Gasteiger partial charge in [-0.2, -0.15) is 0 Å². The second-order valence-corrected chi connectivity index (χ2v) is 3.75. The third kappa shape index (κ3) is 0.692. The van der Waals surface area contributed by atoms with Crippen molar-refractivity contribution in [2.24, 2.45) is 23.0 Å². The summed E-state index contributed by atoms with van der Waals surface area (Å²) in [7, 11) is 0. The molecule has 0 radical (unpaired) electrons. The van der Waals surface area contributed by atoms with E-state index in [1.165, 1.54) is 6.42 Å². The Labute approximate surface area is 65.6 Å². The zero-order valence-corrected chi connectivity index (χ0v) is 6.42. The Kier molecular flexibility index (Phi) is 1.27. The molecular weight excluding hydrogens is 142 g/mol. The van der Waals surface area contributed by atoms with Crippen molar-refractivity contribution < 1.29 is 9.90 Å². The Balaban J connectivity index is 2.15. The molecule has 2 aliphatic rings. The maximum absolute atomic E-state index is 10.7. The summed E-state index contributed by atoms with van der Waals surface area (Å²) in [5, 5.41) is 8.80. The first-order valence-corrected chi connectivity index (χ1v) is 4.15. The van der Waals surface area contributed by atoms with Crippen molar-refractivity contribution in [2.75, 3.05) is 6.54 Å². The van der Waals surface area contributed by atoms with Crippen LogP contribution in [0.15, 0.2) is 0 Å². The van der Waals surface area contributed by atoms with Gasteiger partial charge in [-0.15, -0.1) is 0 Å². The van der Waals surface area contributed by atoms with Gasteiger partial charge < -0.3 is 10.8 Å². The Morgan fingerprint density at radius 1 is 1.73 bits per heavy atom. The first-order valence-electron chi connectivity index (χ1n) is 4.15. The van der Waals surface area contributed by atoms with E-state index in [2.05, 4.69) is 0 Å². The largest absolute Gasteiger partial charge is 0.481 e. The normalized spacial score (nSPS) is 47.0. The van der Waals surface area contributed by atoms with Crippen molar-refractivity contribution >= 4 is 5.97 Å². The molecule has 2 aliphatic carbocycles. The first-order chi connectivity index (χ1) is 5.22. The molecule has 2 rings (SSSR count). The SMILES string of the molecule is NC[C@]12CCC[C@H]1[C@H]2C(=O)O. The van der Waals surface area contributed by atoms with Gasteiger partial charge in [0, 0.05) is 0 Å². The summed E-state index contributed by atoms with van der Waals surface area (Å²) < 4.78 is 0. The van der Waals surface area contributed by atoms with E-state index in [9.17, 15) is 4.79 Å². The Hall–Kier alpha value is -0.570. The van der Waals surface area contributed by atoms with Crippen molar-refractivity contribution in [3.63, 3.8) is 0 Å². The van der Waals surface area contributed by atoms with E-state index in [-0.39, 0.29) is 11.3 Å². The molecule has 2 fully saturated rings. The highest BCUT2D eigenvalue weighted by Crippen LogP contribution is 2.67. The zero-order chi connectivity index (χ0) is 8.06. The summed E-state index contributed by atoms with van der Waals surface area (Å²) in [6, 6.07) is 0. The molecule has 0 spiro atoms. The van der Waals surface area contributed by atoms with Gasteiger partial charge >= 0.3 is 5.97 Å². The molecular formula is C8H13NO2. The van der Waals surface area contributed by atoms with Gasteiger partial charge in [-0.3, -0.25) is 4.79 Å². The quantitative estimate of drug-likeness (QED) is 0.608. The Morgan fingerprint density at radius 3 is 2.82 bits per heavy atom. The highest BCUT2D eigenvalue weighted by molar-refractivity contribution is 5.76. The minimum absolute atomic E-state index is 0.0197. The van der Waals surface area contributed by atoms with Crippen LogP contribution in [0.1, 0.15) is 19.3 Å². The molecule has 11 heavy (non-hydrogen) atoms. The molecule has 0 aromatic heterocycles. The summed E-state index contributed by atoms with van der Waals surface area (Å²) in [5.74, 6) is -0.341. The predicted molar refractivity (Wildman–Crippen MR) is 40.0 cm³/mol. The lowest BCUT2D eigenvalue weighted by Gasteiger charge is -2.08. The minimum Gasteiger partial charge on any atom is -0.481 e. The third-order valence-electron chi connectivity index (χ3n) is 3.45. The number of fused-ring (bicyclic) bond motifs is 1. The third-order valence-corrected chi connectivity index (χ3v) is 3.45. The van der Waals surface area contributed by atoms with Crippen LogP contribution in [0.4, 0.5) is 0 Å². The van der Waals surface area contributed by atoms with Crippen LogP contribution in [-0.4, -0.2) is 17.6 Å². The van der Waals surface area contributed by atoms with Gasteiger partial charge in [0.1, 0.15) is 0 Å². The van der Waals surface area contributed by atoms with Gasteiger partial charge in [0.05, 0.1) is 5.92 Å². The average Bonchev–Trinajstić information content (AvgIpc) is 2.44. The van der Waals surface area contributed by atoms with Gasteiger partial charge in [-0.25, -0.2) is 0 Å². The predicted octanol–water partition coefficient (Wildman–Crippen LogP) is 0.446. The van der Waals surface area contributed by atoms with Crippen molar-refractivity contribution in [1.29, 1.82) is 0 Å². The van der Waals surface area contributed by atoms with Crippen LogP contribution in [0.2, 0.25) is 0 Å². The number of hydrogen-bond donors (Lipinski definition) is 2. The number of rotatable bonds is 2. The second-order valence-electron chi connectivity index (χ2n) is 3.75. The highest BCUT2D eigenvalue weighted by atomic mass is 16.4. The van der Waals surface area contributed by atoms with Crippen LogP contribution in [0, 0.1) is 17.3 Å². The van der Waals surface area contributed by atoms with Gasteiger partial charge in [0.2, 0.25) is 0 Å². The summed E-state index contributed by atoms with van der Waals surface area (Å²) >= 11 is 0. The molecule has 3 N–H and O–H groups in total. The molecule has 62 valence electrons. The van der Waals surface area contributed by atoms with Gasteiger partial charge in [0.25, 0.3) is 0 Å². The Bertz CT molecular complexity index is 204. The summed E-state index contributed by atoms with van der Waals surface area (Å²) in [4.78, 5) is 10.7. The number of aliphatic carboxylic acids is 1. The monoisotopic (exact) mass is 155 g/mol. The molecule has 0 amide bonds. The molecule has 0 heterocycles. The molecule has 3 heteroatoms. The number of carboxylic acid groups (broad SMARTS) is 1. The van der Waals surface area contributed by atoms with Gasteiger partial charge in [-0.1, -0.05) is 6.42 Å². The summed E-state index contributed by atoms with van der Waals surface area (Å²) in [6.45, 7) is 0.564. The average molecular weight is 155 g/mol. The lowest BCUT2D eigenvalue weighted by Crippen LogP contribution is -2.20. The maximum Gasteiger partial charge on any atom is 0.307 e. The van der Waals surface area contributed by atoms with E-state index in [4.69, 9.17) is 10.8 Å². The van der Waals surface area contributed by atoms with Gasteiger partial charge in [-0.05, 0) is 30.7 Å². The molecule has 0 bridgehead atoms. The van der Waals surface area contributed by atoms with E-state index in [1.807, 2.05) is 0 Å². The van der Waals surface area contributed by atoms with E-state index < -0.39 is 5.97 Å². The van der Waals surface area contributed by atoms with Crippen LogP contribution in [0.5, 0.6) is 0 Å². The fraction of sp³-hybridized carbons (Fsp3) is 0.875. The van der Waals surface area contributed by atoms with Crippen molar-refractivity contribution in [3.8, 4) is 0 Å². The number of hydrogen-bond acceptors (Lipinski definition) is 2. The lowest BCUT2D eigenvalue weighted by atomic mass is 10.0. The smallest absolute Gasteiger partial charge is 0.307 e. The molecule has 2 saturated carbocycles. The van der Waals surface area contributed by atoms with Crippen molar-refractivity contribution in [1.82, 2.24) is 0 Å². The van der Waals surface area contributed by atoms with E-state index >= 15 is 0 Å². The first kappa shape index (κ1) is 7.10.